The Bertz CT molecular complexity index is 225. The van der Waals surface area contributed by atoms with E-state index in [2.05, 4.69) is 34.6 Å². The van der Waals surface area contributed by atoms with Crippen LogP contribution in [0.3, 0.4) is 0 Å². The lowest BCUT2D eigenvalue weighted by atomic mass is 9.86. The molecule has 16 heavy (non-hydrogen) atoms. The molecule has 2 heteroatoms. The lowest BCUT2D eigenvalue weighted by Gasteiger charge is -2.26. The molecule has 0 aromatic heterocycles. The molecule has 1 rings (SSSR count). The van der Waals surface area contributed by atoms with Crippen molar-refractivity contribution in [3.05, 3.63) is 0 Å². The zero-order valence-electron chi connectivity index (χ0n) is 12.0. The van der Waals surface area contributed by atoms with Crippen molar-refractivity contribution >= 4 is 0 Å². The van der Waals surface area contributed by atoms with Crippen molar-refractivity contribution < 1.29 is 9.47 Å². The molecular formula is C14H28O2. The van der Waals surface area contributed by atoms with Gasteiger partial charge in [0.2, 0.25) is 0 Å². The predicted molar refractivity (Wildman–Crippen MR) is 67.4 cm³/mol. The van der Waals surface area contributed by atoms with E-state index in [-0.39, 0.29) is 12.2 Å². The third-order valence-electron chi connectivity index (χ3n) is 2.80. The molecule has 0 N–H and O–H groups in total. The molecule has 0 amide bonds. The highest BCUT2D eigenvalue weighted by Gasteiger charge is 2.42. The molecule has 0 spiro atoms. The monoisotopic (exact) mass is 228 g/mol. The van der Waals surface area contributed by atoms with Crippen molar-refractivity contribution in [2.24, 2.45) is 11.3 Å². The van der Waals surface area contributed by atoms with Crippen LogP contribution in [0.4, 0.5) is 0 Å². The van der Waals surface area contributed by atoms with Crippen LogP contribution in [0.5, 0.6) is 0 Å². The van der Waals surface area contributed by atoms with Gasteiger partial charge in [-0.15, -0.1) is 0 Å². The smallest absolute Gasteiger partial charge is 0.163 e. The average Bonchev–Trinajstić information content (AvgIpc) is 2.20. The molecule has 1 saturated heterocycles. The summed E-state index contributed by atoms with van der Waals surface area (Å²) < 4.78 is 12.0. The van der Waals surface area contributed by atoms with Gasteiger partial charge >= 0.3 is 0 Å². The minimum atomic E-state index is -0.407. The maximum Gasteiger partial charge on any atom is 0.163 e. The second-order valence-corrected chi connectivity index (χ2v) is 7.11. The fourth-order valence-corrected chi connectivity index (χ4v) is 2.35. The van der Waals surface area contributed by atoms with Crippen LogP contribution in [-0.4, -0.2) is 18.0 Å². The highest BCUT2D eigenvalue weighted by atomic mass is 16.7. The van der Waals surface area contributed by atoms with Gasteiger partial charge < -0.3 is 9.47 Å². The van der Waals surface area contributed by atoms with E-state index in [1.54, 1.807) is 0 Å². The fraction of sp³-hybridized carbons (Fsp3) is 1.00. The van der Waals surface area contributed by atoms with E-state index in [9.17, 15) is 0 Å². The van der Waals surface area contributed by atoms with Gasteiger partial charge in [-0.25, -0.2) is 0 Å². The molecule has 2 atom stereocenters. The van der Waals surface area contributed by atoms with Gasteiger partial charge in [-0.1, -0.05) is 34.6 Å². The number of hydrogen-bond acceptors (Lipinski definition) is 2. The first-order chi connectivity index (χ1) is 7.09. The first kappa shape index (κ1) is 14.0. The Morgan fingerprint density at radius 1 is 1.06 bits per heavy atom. The highest BCUT2D eigenvalue weighted by Crippen LogP contribution is 2.37. The third kappa shape index (κ3) is 4.42. The van der Waals surface area contributed by atoms with Crippen LogP contribution >= 0.6 is 0 Å². The topological polar surface area (TPSA) is 18.5 Å². The summed E-state index contributed by atoms with van der Waals surface area (Å²) in [6, 6.07) is 0. The lowest BCUT2D eigenvalue weighted by molar-refractivity contribution is -0.149. The minimum Gasteiger partial charge on any atom is -0.345 e. The van der Waals surface area contributed by atoms with Gasteiger partial charge in [0.25, 0.3) is 0 Å². The first-order valence-electron chi connectivity index (χ1n) is 6.45. The van der Waals surface area contributed by atoms with Crippen molar-refractivity contribution in [1.82, 2.24) is 0 Å². The standard InChI is InChI=1S/C14H28O2/c1-10(2)8-11-12(9-13(3,4)5)16-14(6,7)15-11/h10-12H,8-9H2,1-7H3/t11-,12-/m1/s1. The molecule has 0 saturated carbocycles. The Morgan fingerprint density at radius 2 is 1.56 bits per heavy atom. The second-order valence-electron chi connectivity index (χ2n) is 7.11. The molecule has 0 aliphatic carbocycles. The Balaban J connectivity index is 2.65. The van der Waals surface area contributed by atoms with E-state index in [0.717, 1.165) is 12.8 Å². The van der Waals surface area contributed by atoms with E-state index in [1.807, 2.05) is 13.8 Å². The van der Waals surface area contributed by atoms with E-state index in [0.29, 0.717) is 11.3 Å². The van der Waals surface area contributed by atoms with Gasteiger partial charge in [0.15, 0.2) is 5.79 Å². The molecule has 2 nitrogen and oxygen atoms in total. The molecule has 0 aromatic carbocycles. The summed E-state index contributed by atoms with van der Waals surface area (Å²) in [6.45, 7) is 15.3. The Labute approximate surface area is 101 Å². The van der Waals surface area contributed by atoms with Crippen molar-refractivity contribution in [2.45, 2.75) is 79.3 Å². The molecule has 1 fully saturated rings. The maximum atomic E-state index is 6.02. The fourth-order valence-electron chi connectivity index (χ4n) is 2.35. The van der Waals surface area contributed by atoms with Crippen LogP contribution in [0.15, 0.2) is 0 Å². The van der Waals surface area contributed by atoms with Crippen LogP contribution in [0, 0.1) is 11.3 Å². The quantitative estimate of drug-likeness (QED) is 0.727. The van der Waals surface area contributed by atoms with Crippen LogP contribution in [0.25, 0.3) is 0 Å². The molecule has 96 valence electrons. The van der Waals surface area contributed by atoms with Gasteiger partial charge in [-0.2, -0.15) is 0 Å². The van der Waals surface area contributed by atoms with Crippen LogP contribution in [-0.2, 0) is 9.47 Å². The first-order valence-corrected chi connectivity index (χ1v) is 6.45. The molecule has 0 aromatic rings. The molecule has 1 aliphatic heterocycles. The van der Waals surface area contributed by atoms with Crippen molar-refractivity contribution in [1.29, 1.82) is 0 Å². The molecule has 0 unspecified atom stereocenters. The molecule has 1 aliphatic rings. The normalized spacial score (nSPS) is 30.0. The summed E-state index contributed by atoms with van der Waals surface area (Å²) in [4.78, 5) is 0. The van der Waals surface area contributed by atoms with E-state index < -0.39 is 5.79 Å². The van der Waals surface area contributed by atoms with E-state index in [4.69, 9.17) is 9.47 Å². The predicted octanol–water partition coefficient (Wildman–Crippen LogP) is 3.99. The number of hydrogen-bond donors (Lipinski definition) is 0. The summed E-state index contributed by atoms with van der Waals surface area (Å²) in [7, 11) is 0. The zero-order valence-corrected chi connectivity index (χ0v) is 12.0. The number of rotatable bonds is 3. The number of ether oxygens (including phenoxy) is 2. The van der Waals surface area contributed by atoms with Crippen molar-refractivity contribution in [2.75, 3.05) is 0 Å². The SMILES string of the molecule is CC(C)C[C@H]1OC(C)(C)O[C@@H]1CC(C)(C)C. The van der Waals surface area contributed by atoms with Gasteiger partial charge in [0, 0.05) is 0 Å². The summed E-state index contributed by atoms with van der Waals surface area (Å²) in [5.74, 6) is 0.250. The van der Waals surface area contributed by atoms with Crippen molar-refractivity contribution in [3.63, 3.8) is 0 Å². The second kappa shape index (κ2) is 4.66. The van der Waals surface area contributed by atoms with Gasteiger partial charge in [0.1, 0.15) is 0 Å². The Morgan fingerprint density at radius 3 is 2.00 bits per heavy atom. The Hall–Kier alpha value is -0.0800. The van der Waals surface area contributed by atoms with Crippen LogP contribution < -0.4 is 0 Å². The molecular weight excluding hydrogens is 200 g/mol. The average molecular weight is 228 g/mol. The van der Waals surface area contributed by atoms with E-state index >= 15 is 0 Å². The highest BCUT2D eigenvalue weighted by molar-refractivity contribution is 4.85. The lowest BCUT2D eigenvalue weighted by Crippen LogP contribution is -2.28. The largest absolute Gasteiger partial charge is 0.345 e. The van der Waals surface area contributed by atoms with Gasteiger partial charge in [0.05, 0.1) is 12.2 Å². The third-order valence-corrected chi connectivity index (χ3v) is 2.80. The van der Waals surface area contributed by atoms with Crippen molar-refractivity contribution in [3.8, 4) is 0 Å². The summed E-state index contributed by atoms with van der Waals surface area (Å²) in [5, 5.41) is 0. The molecule has 1 heterocycles. The van der Waals surface area contributed by atoms with Crippen LogP contribution in [0.1, 0.15) is 61.3 Å². The minimum absolute atomic E-state index is 0.248. The van der Waals surface area contributed by atoms with Gasteiger partial charge in [-0.05, 0) is 38.0 Å². The van der Waals surface area contributed by atoms with Crippen LogP contribution in [0.2, 0.25) is 0 Å². The maximum absolute atomic E-state index is 6.02. The Kier molecular flexibility index (Phi) is 4.07. The summed E-state index contributed by atoms with van der Waals surface area (Å²) >= 11 is 0. The van der Waals surface area contributed by atoms with Gasteiger partial charge in [-0.3, -0.25) is 0 Å². The summed E-state index contributed by atoms with van der Waals surface area (Å²) in [5.41, 5.74) is 0.295. The van der Waals surface area contributed by atoms with E-state index in [1.165, 1.54) is 0 Å². The summed E-state index contributed by atoms with van der Waals surface area (Å²) in [6.07, 6.45) is 2.66. The molecule has 0 bridgehead atoms. The molecule has 0 radical (unpaired) electrons. The zero-order chi connectivity index (χ0) is 12.6.